The quantitative estimate of drug-likeness (QED) is 0.527. The van der Waals surface area contributed by atoms with Gasteiger partial charge in [0.15, 0.2) is 5.96 Å². The van der Waals surface area contributed by atoms with Crippen molar-refractivity contribution in [2.75, 3.05) is 33.2 Å². The molecule has 3 rings (SSSR count). The molecule has 6 nitrogen and oxygen atoms in total. The van der Waals surface area contributed by atoms with Crippen LogP contribution in [0.2, 0.25) is 0 Å². The molecule has 1 aliphatic heterocycles. The number of aryl methyl sites for hydroxylation is 2. The Bertz CT molecular complexity index is 821. The van der Waals surface area contributed by atoms with Crippen molar-refractivity contribution >= 4 is 23.2 Å². The first-order valence-electron chi connectivity index (χ1n) is 10.7. The van der Waals surface area contributed by atoms with Gasteiger partial charge in [-0.3, -0.25) is 9.79 Å². The van der Waals surface area contributed by atoms with Gasteiger partial charge in [-0.2, -0.15) is 0 Å². The molecule has 2 aromatic rings. The number of nitrogens with one attached hydrogen (secondary N) is 2. The summed E-state index contributed by atoms with van der Waals surface area (Å²) >= 11 is 1.74. The minimum Gasteiger partial charge on any atom is -0.356 e. The molecule has 1 saturated heterocycles. The van der Waals surface area contributed by atoms with Crippen molar-refractivity contribution in [2.24, 2.45) is 10.9 Å². The van der Waals surface area contributed by atoms with Crippen molar-refractivity contribution < 1.29 is 4.79 Å². The average molecular weight is 428 g/mol. The second-order valence-corrected chi connectivity index (χ2v) is 9.15. The van der Waals surface area contributed by atoms with Gasteiger partial charge >= 0.3 is 0 Å². The Kier molecular flexibility index (Phi) is 8.25. The molecule has 1 amide bonds. The lowest BCUT2D eigenvalue weighted by molar-refractivity contribution is -0.131. The van der Waals surface area contributed by atoms with Gasteiger partial charge in [-0.05, 0) is 44.6 Å². The Hall–Kier alpha value is -2.41. The van der Waals surface area contributed by atoms with Gasteiger partial charge in [-0.15, -0.1) is 11.3 Å². The molecular formula is C23H33N5OS. The molecule has 162 valence electrons. The number of hydrogen-bond donors (Lipinski definition) is 2. The predicted octanol–water partition coefficient (Wildman–Crippen LogP) is 2.95. The molecule has 0 spiro atoms. The van der Waals surface area contributed by atoms with E-state index in [0.29, 0.717) is 11.9 Å². The van der Waals surface area contributed by atoms with Gasteiger partial charge in [0.25, 0.3) is 0 Å². The Balaban J connectivity index is 1.35. The minimum atomic E-state index is 0.141. The SMILES string of the molecule is CN=C(NCCc1nc(C)c(C)s1)NCC(=O)N1CCC(Cc2ccccc2)CC1. The zero-order valence-corrected chi connectivity index (χ0v) is 19.1. The van der Waals surface area contributed by atoms with Crippen LogP contribution in [-0.4, -0.2) is 55.0 Å². The molecule has 7 heteroatoms. The topological polar surface area (TPSA) is 69.6 Å². The summed E-state index contributed by atoms with van der Waals surface area (Å²) in [6.07, 6.45) is 4.10. The van der Waals surface area contributed by atoms with E-state index in [9.17, 15) is 4.79 Å². The van der Waals surface area contributed by atoms with Crippen LogP contribution in [0.3, 0.4) is 0 Å². The van der Waals surface area contributed by atoms with Gasteiger partial charge < -0.3 is 15.5 Å². The number of hydrogen-bond acceptors (Lipinski definition) is 4. The first-order chi connectivity index (χ1) is 14.5. The molecule has 30 heavy (non-hydrogen) atoms. The highest BCUT2D eigenvalue weighted by molar-refractivity contribution is 7.11. The van der Waals surface area contributed by atoms with Crippen molar-refractivity contribution in [3.8, 4) is 0 Å². The molecule has 0 unspecified atom stereocenters. The number of aromatic nitrogens is 1. The number of piperidine rings is 1. The summed E-state index contributed by atoms with van der Waals surface area (Å²) < 4.78 is 0. The third kappa shape index (κ3) is 6.55. The highest BCUT2D eigenvalue weighted by Crippen LogP contribution is 2.21. The number of nitrogens with zero attached hydrogens (tertiary/aromatic N) is 3. The molecule has 0 atom stereocenters. The number of carbonyl (C=O) groups is 1. The normalized spacial score (nSPS) is 15.3. The summed E-state index contributed by atoms with van der Waals surface area (Å²) in [5.41, 5.74) is 2.50. The number of rotatable bonds is 7. The monoisotopic (exact) mass is 427 g/mol. The van der Waals surface area contributed by atoms with Crippen LogP contribution in [0.1, 0.15) is 34.0 Å². The third-order valence-corrected chi connectivity index (χ3v) is 6.80. The van der Waals surface area contributed by atoms with Crippen LogP contribution in [0.15, 0.2) is 35.3 Å². The first kappa shape index (κ1) is 22.3. The van der Waals surface area contributed by atoms with Crippen molar-refractivity contribution in [3.63, 3.8) is 0 Å². The average Bonchev–Trinajstić information content (AvgIpc) is 3.08. The maximum absolute atomic E-state index is 12.6. The fraction of sp³-hybridized carbons (Fsp3) is 0.522. The molecule has 1 aromatic carbocycles. The van der Waals surface area contributed by atoms with Gasteiger partial charge in [0, 0.05) is 38.0 Å². The Morgan fingerprint density at radius 3 is 2.57 bits per heavy atom. The van der Waals surface area contributed by atoms with E-state index in [1.54, 1.807) is 18.4 Å². The van der Waals surface area contributed by atoms with Crippen LogP contribution >= 0.6 is 11.3 Å². The maximum atomic E-state index is 12.6. The van der Waals surface area contributed by atoms with E-state index in [0.717, 1.165) is 56.0 Å². The van der Waals surface area contributed by atoms with Crippen molar-refractivity contribution in [3.05, 3.63) is 51.5 Å². The number of likely N-dealkylation sites (tertiary alicyclic amines) is 1. The summed E-state index contributed by atoms with van der Waals surface area (Å²) in [7, 11) is 1.73. The summed E-state index contributed by atoms with van der Waals surface area (Å²) in [5, 5.41) is 7.55. The molecule has 0 saturated carbocycles. The van der Waals surface area contributed by atoms with Crippen molar-refractivity contribution in [1.82, 2.24) is 20.5 Å². The zero-order valence-electron chi connectivity index (χ0n) is 18.3. The van der Waals surface area contributed by atoms with E-state index >= 15 is 0 Å². The molecule has 0 aliphatic carbocycles. The van der Waals surface area contributed by atoms with E-state index < -0.39 is 0 Å². The number of amides is 1. The lowest BCUT2D eigenvalue weighted by Gasteiger charge is -2.32. The molecular weight excluding hydrogens is 394 g/mol. The van der Waals surface area contributed by atoms with Gasteiger partial charge in [-0.1, -0.05) is 30.3 Å². The fourth-order valence-electron chi connectivity index (χ4n) is 3.76. The summed E-state index contributed by atoms with van der Waals surface area (Å²) in [4.78, 5) is 24.6. The van der Waals surface area contributed by atoms with E-state index in [1.165, 1.54) is 10.4 Å². The molecule has 2 N–H and O–H groups in total. The number of guanidine groups is 1. The highest BCUT2D eigenvalue weighted by atomic mass is 32.1. The van der Waals surface area contributed by atoms with Crippen molar-refractivity contribution in [1.29, 1.82) is 0 Å². The second kappa shape index (κ2) is 11.1. The summed E-state index contributed by atoms with van der Waals surface area (Å²) in [5.74, 6) is 1.46. The van der Waals surface area contributed by atoms with E-state index in [1.807, 2.05) is 11.8 Å². The molecule has 1 fully saturated rings. The van der Waals surface area contributed by atoms with E-state index in [-0.39, 0.29) is 12.5 Å². The predicted molar refractivity (Wildman–Crippen MR) is 124 cm³/mol. The number of carbonyl (C=O) groups excluding carboxylic acids is 1. The Morgan fingerprint density at radius 1 is 1.20 bits per heavy atom. The second-order valence-electron chi connectivity index (χ2n) is 7.87. The lowest BCUT2D eigenvalue weighted by atomic mass is 9.90. The van der Waals surface area contributed by atoms with E-state index in [4.69, 9.17) is 0 Å². The highest BCUT2D eigenvalue weighted by Gasteiger charge is 2.22. The maximum Gasteiger partial charge on any atom is 0.241 e. The van der Waals surface area contributed by atoms with Crippen LogP contribution in [-0.2, 0) is 17.6 Å². The fourth-order valence-corrected chi connectivity index (χ4v) is 4.69. The summed E-state index contributed by atoms with van der Waals surface area (Å²) in [6.45, 7) is 6.84. The van der Waals surface area contributed by atoms with Gasteiger partial charge in [-0.25, -0.2) is 4.98 Å². The van der Waals surface area contributed by atoms with Crippen molar-refractivity contribution in [2.45, 2.75) is 39.5 Å². The summed E-state index contributed by atoms with van der Waals surface area (Å²) in [6, 6.07) is 10.6. The lowest BCUT2D eigenvalue weighted by Crippen LogP contribution is -2.47. The minimum absolute atomic E-state index is 0.141. The largest absolute Gasteiger partial charge is 0.356 e. The molecule has 0 bridgehead atoms. The van der Waals surface area contributed by atoms with Gasteiger partial charge in [0.05, 0.1) is 17.2 Å². The number of benzene rings is 1. The van der Waals surface area contributed by atoms with Gasteiger partial charge in [0.1, 0.15) is 0 Å². The molecule has 0 radical (unpaired) electrons. The van der Waals surface area contributed by atoms with Crippen LogP contribution in [0.25, 0.3) is 0 Å². The van der Waals surface area contributed by atoms with Crippen LogP contribution < -0.4 is 10.6 Å². The smallest absolute Gasteiger partial charge is 0.241 e. The standard InChI is InChI=1S/C23H33N5OS/c1-17-18(2)30-21(27-17)9-12-25-23(24-3)26-16-22(29)28-13-10-20(11-14-28)15-19-7-5-4-6-8-19/h4-8,20H,9-16H2,1-3H3,(H2,24,25,26). The number of aliphatic imine (C=N–C) groups is 1. The van der Waals surface area contributed by atoms with Crippen LogP contribution in [0.5, 0.6) is 0 Å². The van der Waals surface area contributed by atoms with Crippen LogP contribution in [0, 0.1) is 19.8 Å². The molecule has 1 aromatic heterocycles. The first-order valence-corrected chi connectivity index (χ1v) is 11.6. The third-order valence-electron chi connectivity index (χ3n) is 5.67. The Labute approximate surface area is 183 Å². The Morgan fingerprint density at radius 2 is 1.93 bits per heavy atom. The van der Waals surface area contributed by atoms with Crippen LogP contribution in [0.4, 0.5) is 0 Å². The molecule has 2 heterocycles. The van der Waals surface area contributed by atoms with Gasteiger partial charge in [0.2, 0.25) is 5.91 Å². The van der Waals surface area contributed by atoms with E-state index in [2.05, 4.69) is 57.9 Å². The molecule has 1 aliphatic rings. The zero-order chi connectivity index (χ0) is 21.3. The number of thiazole rings is 1.